The number of carbonyl (C=O) groups is 2. The lowest BCUT2D eigenvalue weighted by Gasteiger charge is -2.32. The van der Waals surface area contributed by atoms with Crippen molar-refractivity contribution in [2.45, 2.75) is 44.6 Å². The number of rotatable bonds is 2. The number of fused-ring (bicyclic) bond motifs is 1. The average molecular weight is 300 g/mol. The van der Waals surface area contributed by atoms with Gasteiger partial charge < -0.3 is 5.32 Å². The summed E-state index contributed by atoms with van der Waals surface area (Å²) in [7, 11) is 0. The lowest BCUT2D eigenvalue weighted by atomic mass is 9.70. The van der Waals surface area contributed by atoms with E-state index in [1.807, 2.05) is 12.1 Å². The standard InChI is InChI=1S/C17H20N2O3/c20-15(19(22)14-3-4-14)12-1-2-13-10-17(6-5-11(13)9-12)7-8-18-16(17)21/h1-2,9,14,22H,3-8,10H2,(H,18,21)/t17-/m0/s1. The van der Waals surface area contributed by atoms with E-state index in [1.165, 1.54) is 0 Å². The van der Waals surface area contributed by atoms with Crippen molar-refractivity contribution in [3.63, 3.8) is 0 Å². The summed E-state index contributed by atoms with van der Waals surface area (Å²) in [5.74, 6) is -0.141. The predicted molar refractivity (Wildman–Crippen MR) is 79.5 cm³/mol. The molecule has 3 aliphatic rings. The second-order valence-electron chi connectivity index (χ2n) is 6.83. The smallest absolute Gasteiger partial charge is 0.277 e. The average Bonchev–Trinajstić information content (AvgIpc) is 3.32. The van der Waals surface area contributed by atoms with Crippen LogP contribution in [0.25, 0.3) is 0 Å². The largest absolute Gasteiger partial charge is 0.356 e. The van der Waals surface area contributed by atoms with Crippen molar-refractivity contribution in [2.75, 3.05) is 6.54 Å². The first-order valence-electron chi connectivity index (χ1n) is 8.02. The lowest BCUT2D eigenvalue weighted by molar-refractivity contribution is -0.128. The third kappa shape index (κ3) is 2.11. The van der Waals surface area contributed by atoms with Crippen LogP contribution in [0.3, 0.4) is 0 Å². The van der Waals surface area contributed by atoms with Gasteiger partial charge in [-0.1, -0.05) is 6.07 Å². The molecule has 1 aromatic carbocycles. The SMILES string of the molecule is O=C(c1ccc2c(c1)CC[C@]1(CCNC1=O)C2)N(O)C1CC1. The van der Waals surface area contributed by atoms with Gasteiger partial charge in [0, 0.05) is 12.1 Å². The zero-order valence-corrected chi connectivity index (χ0v) is 12.5. The van der Waals surface area contributed by atoms with E-state index in [4.69, 9.17) is 0 Å². The molecule has 5 nitrogen and oxygen atoms in total. The van der Waals surface area contributed by atoms with E-state index in [-0.39, 0.29) is 23.3 Å². The summed E-state index contributed by atoms with van der Waals surface area (Å²) in [6, 6.07) is 5.62. The molecule has 1 aliphatic heterocycles. The molecule has 0 radical (unpaired) electrons. The molecule has 1 aromatic rings. The van der Waals surface area contributed by atoms with Gasteiger partial charge >= 0.3 is 0 Å². The van der Waals surface area contributed by atoms with Crippen LogP contribution in [0.4, 0.5) is 0 Å². The van der Waals surface area contributed by atoms with E-state index < -0.39 is 0 Å². The zero-order chi connectivity index (χ0) is 15.3. The Morgan fingerprint density at radius 3 is 2.77 bits per heavy atom. The highest BCUT2D eigenvalue weighted by atomic mass is 16.5. The highest BCUT2D eigenvalue weighted by Gasteiger charge is 2.44. The molecule has 2 fully saturated rings. The maximum Gasteiger partial charge on any atom is 0.277 e. The molecule has 116 valence electrons. The highest BCUT2D eigenvalue weighted by Crippen LogP contribution is 2.41. The number of hydrogen-bond acceptors (Lipinski definition) is 3. The molecule has 0 unspecified atom stereocenters. The van der Waals surface area contributed by atoms with Crippen LogP contribution in [0.2, 0.25) is 0 Å². The van der Waals surface area contributed by atoms with Gasteiger partial charge in [0.05, 0.1) is 11.5 Å². The van der Waals surface area contributed by atoms with Gasteiger partial charge in [-0.05, 0) is 61.8 Å². The molecule has 2 amide bonds. The van der Waals surface area contributed by atoms with Crippen molar-refractivity contribution in [3.8, 4) is 0 Å². The first-order chi connectivity index (χ1) is 10.6. The van der Waals surface area contributed by atoms with Crippen molar-refractivity contribution in [1.29, 1.82) is 0 Å². The Kier molecular flexibility index (Phi) is 3.01. The maximum atomic E-state index is 12.2. The number of nitrogens with zero attached hydrogens (tertiary/aromatic N) is 1. The molecule has 0 aromatic heterocycles. The van der Waals surface area contributed by atoms with Crippen LogP contribution in [0.5, 0.6) is 0 Å². The van der Waals surface area contributed by atoms with Crippen LogP contribution in [0.1, 0.15) is 47.2 Å². The second-order valence-corrected chi connectivity index (χ2v) is 6.83. The summed E-state index contributed by atoms with van der Waals surface area (Å²) < 4.78 is 0. The van der Waals surface area contributed by atoms with E-state index in [9.17, 15) is 14.8 Å². The minimum absolute atomic E-state index is 0.00557. The highest BCUT2D eigenvalue weighted by molar-refractivity contribution is 5.94. The number of amides is 2. The first kappa shape index (κ1) is 13.8. The number of nitrogens with one attached hydrogen (secondary N) is 1. The Morgan fingerprint density at radius 2 is 2.09 bits per heavy atom. The summed E-state index contributed by atoms with van der Waals surface area (Å²) in [6.45, 7) is 0.769. The minimum Gasteiger partial charge on any atom is -0.356 e. The Balaban J connectivity index is 1.58. The number of benzene rings is 1. The van der Waals surface area contributed by atoms with Gasteiger partial charge in [-0.3, -0.25) is 14.8 Å². The van der Waals surface area contributed by atoms with E-state index in [1.54, 1.807) is 6.07 Å². The summed E-state index contributed by atoms with van der Waals surface area (Å²) in [6.07, 6.45) is 5.08. The topological polar surface area (TPSA) is 69.6 Å². The Morgan fingerprint density at radius 1 is 1.27 bits per heavy atom. The Labute approximate surface area is 129 Å². The normalized spacial score (nSPS) is 26.7. The van der Waals surface area contributed by atoms with E-state index in [0.717, 1.165) is 61.3 Å². The van der Waals surface area contributed by atoms with Crippen molar-refractivity contribution in [2.24, 2.45) is 5.41 Å². The summed E-state index contributed by atoms with van der Waals surface area (Å²) >= 11 is 0. The number of hydroxylamine groups is 2. The molecule has 4 rings (SSSR count). The van der Waals surface area contributed by atoms with Crippen molar-refractivity contribution >= 4 is 11.8 Å². The molecule has 2 aliphatic carbocycles. The van der Waals surface area contributed by atoms with Crippen LogP contribution < -0.4 is 5.32 Å². The van der Waals surface area contributed by atoms with Gasteiger partial charge in [0.2, 0.25) is 5.91 Å². The van der Waals surface area contributed by atoms with Gasteiger partial charge in [0.25, 0.3) is 5.91 Å². The number of carbonyl (C=O) groups excluding carboxylic acids is 2. The quantitative estimate of drug-likeness (QED) is 0.645. The predicted octanol–water partition coefficient (Wildman–Crippen LogP) is 1.68. The van der Waals surface area contributed by atoms with Crippen molar-refractivity contribution in [3.05, 3.63) is 34.9 Å². The third-order valence-electron chi connectivity index (χ3n) is 5.33. The fraction of sp³-hybridized carbons (Fsp3) is 0.529. The molecular formula is C17H20N2O3. The molecule has 1 saturated carbocycles. The zero-order valence-electron chi connectivity index (χ0n) is 12.5. The molecule has 2 N–H and O–H groups in total. The fourth-order valence-corrected chi connectivity index (χ4v) is 3.73. The maximum absolute atomic E-state index is 12.2. The number of aryl methyl sites for hydroxylation is 1. The van der Waals surface area contributed by atoms with Gasteiger partial charge in [-0.25, -0.2) is 5.06 Å². The summed E-state index contributed by atoms with van der Waals surface area (Å²) in [5, 5.41) is 13.7. The Hall–Kier alpha value is -1.88. The van der Waals surface area contributed by atoms with Gasteiger partial charge in [-0.15, -0.1) is 0 Å². The summed E-state index contributed by atoms with van der Waals surface area (Å²) in [5.41, 5.74) is 2.60. The molecule has 1 atom stereocenters. The van der Waals surface area contributed by atoms with E-state index in [2.05, 4.69) is 5.32 Å². The van der Waals surface area contributed by atoms with Crippen LogP contribution in [-0.2, 0) is 17.6 Å². The molecule has 22 heavy (non-hydrogen) atoms. The van der Waals surface area contributed by atoms with Crippen LogP contribution in [-0.4, -0.2) is 34.7 Å². The monoisotopic (exact) mass is 300 g/mol. The molecular weight excluding hydrogens is 280 g/mol. The first-order valence-corrected chi connectivity index (χ1v) is 8.02. The van der Waals surface area contributed by atoms with Crippen LogP contribution in [0, 0.1) is 5.41 Å². The summed E-state index contributed by atoms with van der Waals surface area (Å²) in [4.78, 5) is 24.3. The third-order valence-corrected chi connectivity index (χ3v) is 5.33. The minimum atomic E-state index is -0.316. The molecule has 5 heteroatoms. The number of hydrogen-bond donors (Lipinski definition) is 2. The van der Waals surface area contributed by atoms with Crippen molar-refractivity contribution < 1.29 is 14.8 Å². The second kappa shape index (κ2) is 4.81. The van der Waals surface area contributed by atoms with E-state index >= 15 is 0 Å². The fourth-order valence-electron chi connectivity index (χ4n) is 3.73. The van der Waals surface area contributed by atoms with Crippen LogP contribution in [0.15, 0.2) is 18.2 Å². The molecule has 1 spiro atoms. The Bertz CT molecular complexity index is 653. The molecule has 0 bridgehead atoms. The van der Waals surface area contributed by atoms with Gasteiger partial charge in [0.15, 0.2) is 0 Å². The van der Waals surface area contributed by atoms with Crippen LogP contribution >= 0.6 is 0 Å². The van der Waals surface area contributed by atoms with Gasteiger partial charge in [-0.2, -0.15) is 0 Å². The molecule has 1 heterocycles. The van der Waals surface area contributed by atoms with E-state index in [0.29, 0.717) is 5.56 Å². The van der Waals surface area contributed by atoms with Crippen molar-refractivity contribution in [1.82, 2.24) is 10.4 Å². The molecule has 1 saturated heterocycles. The lowest BCUT2D eigenvalue weighted by Crippen LogP contribution is -2.36. The van der Waals surface area contributed by atoms with Gasteiger partial charge in [0.1, 0.15) is 0 Å².